The summed E-state index contributed by atoms with van der Waals surface area (Å²) in [7, 11) is -0.945. The van der Waals surface area contributed by atoms with E-state index in [2.05, 4.69) is 5.32 Å². The first-order chi connectivity index (χ1) is 13.0. The van der Waals surface area contributed by atoms with Gasteiger partial charge in [0.15, 0.2) is 0 Å². The van der Waals surface area contributed by atoms with Crippen molar-refractivity contribution >= 4 is 24.2 Å². The molecule has 3 aromatic rings. The Labute approximate surface area is 154 Å². The van der Waals surface area contributed by atoms with Crippen LogP contribution in [-0.2, 0) is 11.3 Å². The molecule has 0 saturated carbocycles. The monoisotopic (exact) mass is 364 g/mol. The highest BCUT2D eigenvalue weighted by molar-refractivity contribution is 6.61. The van der Waals surface area contributed by atoms with Crippen LogP contribution in [0.5, 0.6) is 0 Å². The first-order valence-corrected chi connectivity index (χ1v) is 8.24. The maximum absolute atomic E-state index is 13.4. The van der Waals surface area contributed by atoms with E-state index in [1.54, 1.807) is 24.3 Å². The van der Waals surface area contributed by atoms with E-state index >= 15 is 0 Å². The third-order valence-electron chi connectivity index (χ3n) is 4.32. The molecule has 6 nitrogen and oxygen atoms in total. The summed E-state index contributed by atoms with van der Waals surface area (Å²) < 4.78 is 19.8. The summed E-state index contributed by atoms with van der Waals surface area (Å²) in [5.74, 6) is -0.892. The molecule has 134 valence electrons. The second-order valence-electron chi connectivity index (χ2n) is 6.14. The minimum Gasteiger partial charge on any atom is -0.423 e. The predicted octanol–water partition coefficient (Wildman–Crippen LogP) is 1.45. The van der Waals surface area contributed by atoms with E-state index in [0.717, 1.165) is 5.56 Å². The zero-order valence-electron chi connectivity index (χ0n) is 14.1. The number of amides is 1. The molecule has 2 N–H and O–H groups in total. The van der Waals surface area contributed by atoms with Crippen molar-refractivity contribution < 1.29 is 18.9 Å². The lowest BCUT2D eigenvalue weighted by atomic mass is 9.79. The van der Waals surface area contributed by atoms with Crippen molar-refractivity contribution in [2.45, 2.75) is 6.61 Å². The van der Waals surface area contributed by atoms with Gasteiger partial charge < -0.3 is 15.0 Å². The first-order valence-electron chi connectivity index (χ1n) is 8.24. The number of anilines is 1. The molecule has 0 atom stereocenters. The molecule has 0 unspecified atom stereocenters. The van der Waals surface area contributed by atoms with Crippen LogP contribution in [0.4, 0.5) is 10.1 Å². The Bertz CT molecular complexity index is 1100. The molecule has 4 rings (SSSR count). The van der Waals surface area contributed by atoms with Gasteiger partial charge >= 0.3 is 7.12 Å². The van der Waals surface area contributed by atoms with Gasteiger partial charge in [0.2, 0.25) is 0 Å². The number of carbonyl (C=O) groups excluding carboxylic acids is 1. The molecule has 0 aliphatic carbocycles. The molecule has 1 aliphatic heterocycles. The Morgan fingerprint density at radius 2 is 2.04 bits per heavy atom. The number of hydrogen-bond donors (Lipinski definition) is 2. The van der Waals surface area contributed by atoms with E-state index in [9.17, 15) is 19.0 Å². The van der Waals surface area contributed by atoms with Gasteiger partial charge in [0.05, 0.1) is 17.9 Å². The molecule has 1 amide bonds. The van der Waals surface area contributed by atoms with Crippen LogP contribution >= 0.6 is 0 Å². The summed E-state index contributed by atoms with van der Waals surface area (Å²) in [6.45, 7) is 0.269. The molecule has 0 saturated heterocycles. The number of carbonyl (C=O) groups is 1. The topological polar surface area (TPSA) is 80.6 Å². The van der Waals surface area contributed by atoms with E-state index in [4.69, 9.17) is 4.65 Å². The number of nitrogens with one attached hydrogen (secondary N) is 1. The molecule has 0 radical (unpaired) electrons. The number of rotatable bonds is 3. The van der Waals surface area contributed by atoms with Crippen molar-refractivity contribution in [1.82, 2.24) is 4.57 Å². The highest BCUT2D eigenvalue weighted by Gasteiger charge is 2.27. The van der Waals surface area contributed by atoms with Crippen LogP contribution in [0.2, 0.25) is 0 Å². The summed E-state index contributed by atoms with van der Waals surface area (Å²) in [6.07, 6.45) is 1.37. The fraction of sp³-hybridized carbons (Fsp3) is 0.0526. The lowest BCUT2D eigenvalue weighted by Crippen LogP contribution is -2.28. The summed E-state index contributed by atoms with van der Waals surface area (Å²) in [5.41, 5.74) is 2.22. The minimum absolute atomic E-state index is 0.246. The quantitative estimate of drug-likeness (QED) is 0.690. The zero-order valence-corrected chi connectivity index (χ0v) is 14.1. The second kappa shape index (κ2) is 6.83. The largest absolute Gasteiger partial charge is 0.491 e. The van der Waals surface area contributed by atoms with Gasteiger partial charge in [-0.05, 0) is 47.4 Å². The number of pyridine rings is 1. The number of benzene rings is 2. The molecule has 2 aromatic carbocycles. The van der Waals surface area contributed by atoms with E-state index in [0.29, 0.717) is 16.8 Å². The smallest absolute Gasteiger partial charge is 0.423 e. The van der Waals surface area contributed by atoms with Gasteiger partial charge in [-0.1, -0.05) is 12.1 Å². The van der Waals surface area contributed by atoms with Gasteiger partial charge in [-0.15, -0.1) is 0 Å². The maximum atomic E-state index is 13.4. The molecule has 27 heavy (non-hydrogen) atoms. The van der Waals surface area contributed by atoms with Gasteiger partial charge in [0.25, 0.3) is 11.5 Å². The summed E-state index contributed by atoms with van der Waals surface area (Å²) in [5, 5.41) is 12.4. The number of nitrogens with zero attached hydrogens (tertiary/aromatic N) is 1. The van der Waals surface area contributed by atoms with Gasteiger partial charge in [-0.25, -0.2) is 4.39 Å². The maximum Gasteiger partial charge on any atom is 0.491 e. The SMILES string of the molecule is O=C(Nc1ccc2c(c1)COB2O)c1ccc(=O)n(-c2cccc(F)c2)c1. The van der Waals surface area contributed by atoms with Crippen LogP contribution in [0.25, 0.3) is 5.69 Å². The Morgan fingerprint density at radius 1 is 1.19 bits per heavy atom. The van der Waals surface area contributed by atoms with E-state index in [-0.39, 0.29) is 17.7 Å². The highest BCUT2D eigenvalue weighted by Crippen LogP contribution is 2.16. The molecule has 1 aliphatic rings. The van der Waals surface area contributed by atoms with Crippen LogP contribution in [0.15, 0.2) is 65.6 Å². The van der Waals surface area contributed by atoms with Gasteiger partial charge in [0, 0.05) is 18.0 Å². The van der Waals surface area contributed by atoms with E-state index in [1.165, 1.54) is 41.1 Å². The average molecular weight is 364 g/mol. The molecular weight excluding hydrogens is 350 g/mol. The lowest BCUT2D eigenvalue weighted by molar-refractivity contribution is 0.102. The second-order valence-corrected chi connectivity index (χ2v) is 6.14. The standard InChI is InChI=1S/C19H14BFN2O4/c21-14-2-1-3-16(9-14)23-10-12(4-7-18(23)24)19(25)22-15-5-6-17-13(8-15)11-27-20(17)26/h1-10,26H,11H2,(H,22,25). The van der Waals surface area contributed by atoms with Crippen molar-refractivity contribution in [3.63, 3.8) is 0 Å². The summed E-state index contributed by atoms with van der Waals surface area (Å²) >= 11 is 0. The van der Waals surface area contributed by atoms with Crippen LogP contribution in [0.1, 0.15) is 15.9 Å². The number of aromatic nitrogens is 1. The van der Waals surface area contributed by atoms with Crippen molar-refractivity contribution in [3.8, 4) is 5.69 Å². The number of fused-ring (bicyclic) bond motifs is 1. The third kappa shape index (κ3) is 3.40. The Morgan fingerprint density at radius 3 is 2.85 bits per heavy atom. The highest BCUT2D eigenvalue weighted by atomic mass is 19.1. The van der Waals surface area contributed by atoms with Crippen LogP contribution in [0, 0.1) is 5.82 Å². The Kier molecular flexibility index (Phi) is 4.35. The Hall–Kier alpha value is -3.23. The first kappa shape index (κ1) is 17.2. The van der Waals surface area contributed by atoms with E-state index < -0.39 is 18.8 Å². The molecule has 8 heteroatoms. The molecule has 0 spiro atoms. The fourth-order valence-corrected chi connectivity index (χ4v) is 2.96. The average Bonchev–Trinajstić information content (AvgIpc) is 3.02. The summed E-state index contributed by atoms with van der Waals surface area (Å²) in [4.78, 5) is 24.7. The van der Waals surface area contributed by atoms with Gasteiger partial charge in [0.1, 0.15) is 5.82 Å². The van der Waals surface area contributed by atoms with E-state index in [1.807, 2.05) is 0 Å². The minimum atomic E-state index is -0.945. The Balaban J connectivity index is 1.61. The van der Waals surface area contributed by atoms with Crippen LogP contribution in [0.3, 0.4) is 0 Å². The van der Waals surface area contributed by atoms with Crippen molar-refractivity contribution in [2.24, 2.45) is 0 Å². The molecule has 0 fully saturated rings. The number of hydrogen-bond acceptors (Lipinski definition) is 4. The van der Waals surface area contributed by atoms with Crippen molar-refractivity contribution in [2.75, 3.05) is 5.32 Å². The molecular formula is C19H14BFN2O4. The lowest BCUT2D eigenvalue weighted by Gasteiger charge is -2.10. The third-order valence-corrected chi connectivity index (χ3v) is 4.32. The van der Waals surface area contributed by atoms with Crippen LogP contribution in [-0.4, -0.2) is 22.6 Å². The normalized spacial score (nSPS) is 12.7. The fourth-order valence-electron chi connectivity index (χ4n) is 2.96. The molecule has 1 aromatic heterocycles. The predicted molar refractivity (Wildman–Crippen MR) is 98.8 cm³/mol. The molecule has 2 heterocycles. The van der Waals surface area contributed by atoms with Crippen LogP contribution < -0.4 is 16.3 Å². The van der Waals surface area contributed by atoms with Crippen molar-refractivity contribution in [1.29, 1.82) is 0 Å². The van der Waals surface area contributed by atoms with Crippen molar-refractivity contribution in [3.05, 3.63) is 88.1 Å². The zero-order chi connectivity index (χ0) is 19.0. The molecule has 0 bridgehead atoms. The van der Waals surface area contributed by atoms with Gasteiger partial charge in [-0.2, -0.15) is 0 Å². The summed E-state index contributed by atoms with van der Waals surface area (Å²) in [6, 6.07) is 13.3. The number of halogens is 1. The van der Waals surface area contributed by atoms with Gasteiger partial charge in [-0.3, -0.25) is 14.2 Å².